The van der Waals surface area contributed by atoms with Crippen LogP contribution in [0.15, 0.2) is 60.7 Å². The number of cyclic esters (lactones) is 2. The Morgan fingerprint density at radius 2 is 1.36 bits per heavy atom. The molecule has 214 valence electrons. The zero-order chi connectivity index (χ0) is 31.1. The molecule has 0 atom stereocenters. The number of esters is 2. The number of carbonyl (C=O) groups excluding carboxylic acids is 4. The van der Waals surface area contributed by atoms with Crippen LogP contribution in [0.5, 0.6) is 0 Å². The number of fused-ring (bicyclic) bond motifs is 2. The van der Waals surface area contributed by atoms with E-state index in [4.69, 9.17) is 11.3 Å². The number of hydrogen-bond acceptors (Lipinski definition) is 6. The predicted molar refractivity (Wildman–Crippen MR) is 168 cm³/mol. The van der Waals surface area contributed by atoms with E-state index in [0.29, 0.717) is 48.7 Å². The largest absolute Gasteiger partial charge is 0.386 e. The molecule has 0 aliphatic carbocycles. The summed E-state index contributed by atoms with van der Waals surface area (Å²) in [5.74, 6) is -2.58. The molecule has 2 heterocycles. The van der Waals surface area contributed by atoms with Crippen molar-refractivity contribution < 1.29 is 23.9 Å². The first-order chi connectivity index (χ1) is 21.9. The molecule has 0 fully saturated rings. The molecular weight excluding hydrogens is 566 g/mol. The highest BCUT2D eigenvalue weighted by Gasteiger charge is 2.37. The monoisotopic (exact) mass is 587 g/mol. The van der Waals surface area contributed by atoms with Crippen LogP contribution in [0.4, 0.5) is 5.69 Å². The Morgan fingerprint density at radius 1 is 0.733 bits per heavy atom. The Bertz CT molecular complexity index is 2460. The lowest BCUT2D eigenvalue weighted by Gasteiger charge is -2.29. The van der Waals surface area contributed by atoms with Gasteiger partial charge in [0.05, 0.1) is 41.4 Å². The number of ether oxygens (including phenoxy) is 1. The van der Waals surface area contributed by atoms with E-state index >= 15 is 0 Å². The number of imide groups is 1. The van der Waals surface area contributed by atoms with Gasteiger partial charge in [0, 0.05) is 21.7 Å². The highest BCUT2D eigenvalue weighted by atomic mass is 16.6. The molecule has 0 spiro atoms. The Hall–Kier alpha value is -6.12. The number of amides is 2. The summed E-state index contributed by atoms with van der Waals surface area (Å²) in [4.78, 5) is 58.5. The summed E-state index contributed by atoms with van der Waals surface area (Å²) in [5, 5.41) is 14.2. The zero-order valence-electron chi connectivity index (χ0n) is 24.0. The minimum absolute atomic E-state index is 0.0811. The number of benzene rings is 6. The second kappa shape index (κ2) is 9.44. The second-order valence-electron chi connectivity index (χ2n) is 11.5. The van der Waals surface area contributed by atoms with Gasteiger partial charge in [0.1, 0.15) is 0 Å². The maximum atomic E-state index is 14.0. The lowest BCUT2D eigenvalue weighted by molar-refractivity contribution is 0.0390. The average molecular weight is 588 g/mol. The van der Waals surface area contributed by atoms with E-state index in [-0.39, 0.29) is 34.5 Å². The molecule has 8 nitrogen and oxygen atoms in total. The highest BCUT2D eigenvalue weighted by Crippen LogP contribution is 2.50. The lowest BCUT2D eigenvalue weighted by atomic mass is 9.81. The third-order valence-electron chi connectivity index (χ3n) is 9.08. The van der Waals surface area contributed by atoms with Crippen LogP contribution in [-0.2, 0) is 17.7 Å². The van der Waals surface area contributed by atoms with Gasteiger partial charge in [0.15, 0.2) is 5.69 Å². The van der Waals surface area contributed by atoms with E-state index in [0.717, 1.165) is 24.8 Å². The molecule has 0 N–H and O–H groups in total. The van der Waals surface area contributed by atoms with Crippen molar-refractivity contribution in [3.8, 4) is 6.07 Å². The van der Waals surface area contributed by atoms with E-state index in [2.05, 4.69) is 17.8 Å². The molecule has 0 bridgehead atoms. The summed E-state index contributed by atoms with van der Waals surface area (Å²) in [5.41, 5.74) is 3.22. The highest BCUT2D eigenvalue weighted by molar-refractivity contribution is 6.42. The number of nitriles is 1. The van der Waals surface area contributed by atoms with Crippen LogP contribution in [0.25, 0.3) is 47.9 Å². The van der Waals surface area contributed by atoms with Crippen molar-refractivity contribution in [2.75, 3.05) is 0 Å². The fourth-order valence-corrected chi connectivity index (χ4v) is 7.04. The smallest absolute Gasteiger partial charge is 0.346 e. The Balaban J connectivity index is 1.41. The number of unbranched alkanes of at least 4 members (excludes halogenated alkanes) is 1. The topological polar surface area (TPSA) is 109 Å². The fraction of sp³-hybridized carbons (Fsp3) is 0.135. The summed E-state index contributed by atoms with van der Waals surface area (Å²) in [6.45, 7) is 10.2. The number of rotatable bonds is 5. The molecule has 8 heteroatoms. The molecule has 2 amide bonds. The minimum atomic E-state index is -0.843. The van der Waals surface area contributed by atoms with Gasteiger partial charge in [-0.15, -0.1) is 0 Å². The van der Waals surface area contributed by atoms with E-state index in [9.17, 15) is 24.4 Å². The van der Waals surface area contributed by atoms with E-state index < -0.39 is 23.8 Å². The molecule has 0 saturated carbocycles. The molecule has 0 radical (unpaired) electrons. The maximum Gasteiger partial charge on any atom is 0.346 e. The van der Waals surface area contributed by atoms with Crippen molar-refractivity contribution >= 4 is 72.5 Å². The summed E-state index contributed by atoms with van der Waals surface area (Å²) in [6, 6.07) is 19.7. The van der Waals surface area contributed by atoms with Crippen LogP contribution >= 0.6 is 0 Å². The molecule has 2 aliphatic rings. The predicted octanol–water partition coefficient (Wildman–Crippen LogP) is 7.61. The number of hydrogen-bond donors (Lipinski definition) is 0. The van der Waals surface area contributed by atoms with E-state index in [1.165, 1.54) is 22.6 Å². The summed E-state index contributed by atoms with van der Waals surface area (Å²) < 4.78 is 4.94. The van der Waals surface area contributed by atoms with Crippen LogP contribution in [-0.4, -0.2) is 28.7 Å². The molecule has 6 aromatic carbocycles. The first-order valence-corrected chi connectivity index (χ1v) is 14.6. The number of nitrogens with zero attached hydrogens (tertiary/aromatic N) is 3. The lowest BCUT2D eigenvalue weighted by Crippen LogP contribution is -2.39. The molecular formula is C37H21N3O5. The number of aryl methyl sites for hydroxylation is 1. The molecule has 6 aromatic rings. The van der Waals surface area contributed by atoms with E-state index in [1.807, 2.05) is 24.3 Å². The molecule has 0 unspecified atom stereocenters. The summed E-state index contributed by atoms with van der Waals surface area (Å²) in [7, 11) is 0. The van der Waals surface area contributed by atoms with Crippen LogP contribution in [0, 0.1) is 17.9 Å². The van der Waals surface area contributed by atoms with Gasteiger partial charge in [-0.3, -0.25) is 14.5 Å². The molecule has 2 aliphatic heterocycles. The van der Waals surface area contributed by atoms with Crippen molar-refractivity contribution in [2.45, 2.75) is 32.7 Å². The minimum Gasteiger partial charge on any atom is -0.386 e. The molecule has 45 heavy (non-hydrogen) atoms. The van der Waals surface area contributed by atoms with Gasteiger partial charge in [0.2, 0.25) is 0 Å². The van der Waals surface area contributed by atoms with Crippen molar-refractivity contribution in [3.05, 3.63) is 111 Å². The standard InChI is InChI=1S/C37H21N3O5/c1-3-4-5-18-6-8-19(9-7-18)17-40-34(41)23-12-10-22-31-27(39-2)15-26-30-24(36(43)45-37(26)44)13-11-21(33(30)31)28-20(16-38)14-25(35(40)42)29(23)32(22)28/h6-15H,3-5,17H2,1H3. The third kappa shape index (κ3) is 3.51. The van der Waals surface area contributed by atoms with Gasteiger partial charge < -0.3 is 4.74 Å². The third-order valence-corrected chi connectivity index (χ3v) is 9.08. The van der Waals surface area contributed by atoms with Crippen molar-refractivity contribution in [1.82, 2.24) is 4.90 Å². The molecule has 0 saturated heterocycles. The number of carbonyl (C=O) groups is 4. The van der Waals surface area contributed by atoms with Crippen LogP contribution in [0.1, 0.15) is 77.9 Å². The Labute approximate surface area is 256 Å². The van der Waals surface area contributed by atoms with Crippen LogP contribution in [0.3, 0.4) is 0 Å². The first kappa shape index (κ1) is 26.5. The van der Waals surface area contributed by atoms with Gasteiger partial charge >= 0.3 is 11.9 Å². The Kier molecular flexibility index (Phi) is 5.56. The quantitative estimate of drug-likeness (QED) is 0.0513. The van der Waals surface area contributed by atoms with Crippen LogP contribution < -0.4 is 0 Å². The molecule has 8 rings (SSSR count). The van der Waals surface area contributed by atoms with Crippen molar-refractivity contribution in [2.24, 2.45) is 0 Å². The molecule has 0 aromatic heterocycles. The fourth-order valence-electron chi connectivity index (χ4n) is 7.04. The van der Waals surface area contributed by atoms with Crippen LogP contribution in [0.2, 0.25) is 0 Å². The van der Waals surface area contributed by atoms with Gasteiger partial charge in [-0.1, -0.05) is 49.7 Å². The average Bonchev–Trinajstić information content (AvgIpc) is 3.06. The van der Waals surface area contributed by atoms with Crippen molar-refractivity contribution in [3.63, 3.8) is 0 Å². The van der Waals surface area contributed by atoms with Gasteiger partial charge in [-0.25, -0.2) is 14.4 Å². The van der Waals surface area contributed by atoms with E-state index in [1.54, 1.807) is 24.3 Å². The van der Waals surface area contributed by atoms with Gasteiger partial charge in [-0.05, 0) is 75.2 Å². The zero-order valence-corrected chi connectivity index (χ0v) is 24.0. The SMILES string of the molecule is [C-]#[N+]c1cc2c3c(ccc4c5c(C#N)cc6c7c(ccc(c1c34)c75)C(=O)N(Cc1ccc(CCCC)cc1)C6=O)C(=O)OC2=O. The normalized spacial score (nSPS) is 14.1. The summed E-state index contributed by atoms with van der Waals surface area (Å²) >= 11 is 0. The van der Waals surface area contributed by atoms with Gasteiger partial charge in [-0.2, -0.15) is 5.26 Å². The first-order valence-electron chi connectivity index (χ1n) is 14.6. The van der Waals surface area contributed by atoms with Crippen molar-refractivity contribution in [1.29, 1.82) is 5.26 Å². The Morgan fingerprint density at radius 3 is 2.07 bits per heavy atom. The second-order valence-corrected chi connectivity index (χ2v) is 11.5. The van der Waals surface area contributed by atoms with Gasteiger partial charge in [0.25, 0.3) is 11.8 Å². The maximum absolute atomic E-state index is 14.0. The summed E-state index contributed by atoms with van der Waals surface area (Å²) in [6.07, 6.45) is 3.14.